The minimum absolute atomic E-state index is 0.0310. The number of phenolic OH excluding ortho intramolecular Hbond substituents is 1. The molecule has 8 nitrogen and oxygen atoms in total. The summed E-state index contributed by atoms with van der Waals surface area (Å²) in [6.07, 6.45) is -3.20. The molecule has 30 heavy (non-hydrogen) atoms. The first kappa shape index (κ1) is 21.0. The fraction of sp³-hybridized carbons (Fsp3) is 0.211. The van der Waals surface area contributed by atoms with Crippen molar-refractivity contribution in [3.8, 4) is 11.5 Å². The van der Waals surface area contributed by atoms with Gasteiger partial charge in [0, 0.05) is 5.69 Å². The van der Waals surface area contributed by atoms with E-state index in [2.05, 4.69) is 15.6 Å². The molecule has 0 unspecified atom stereocenters. The largest absolute Gasteiger partial charge is 0.504 e. The maximum atomic E-state index is 12.7. The second kappa shape index (κ2) is 8.31. The van der Waals surface area contributed by atoms with Gasteiger partial charge < -0.3 is 14.3 Å². The minimum Gasteiger partial charge on any atom is -0.504 e. The van der Waals surface area contributed by atoms with Crippen LogP contribution in [0.2, 0.25) is 0 Å². The summed E-state index contributed by atoms with van der Waals surface area (Å²) >= 11 is 0. The molecule has 0 aliphatic carbocycles. The summed E-state index contributed by atoms with van der Waals surface area (Å²) in [5, 5.41) is 16.9. The molecule has 0 saturated carbocycles. The quantitative estimate of drug-likeness (QED) is 0.469. The molecule has 0 bridgehead atoms. The third-order valence-corrected chi connectivity index (χ3v) is 4.05. The van der Waals surface area contributed by atoms with Crippen molar-refractivity contribution in [2.45, 2.75) is 19.6 Å². The van der Waals surface area contributed by atoms with Crippen molar-refractivity contribution < 1.29 is 32.2 Å². The van der Waals surface area contributed by atoms with E-state index in [-0.39, 0.29) is 29.6 Å². The van der Waals surface area contributed by atoms with Gasteiger partial charge >= 0.3 is 12.1 Å². The van der Waals surface area contributed by atoms with Crippen LogP contribution in [-0.4, -0.2) is 34.1 Å². The van der Waals surface area contributed by atoms with E-state index in [1.165, 1.54) is 44.5 Å². The molecule has 0 fully saturated rings. The number of amides is 1. The molecule has 11 heteroatoms. The number of halogens is 3. The number of furan rings is 1. The predicted octanol–water partition coefficient (Wildman–Crippen LogP) is 3.33. The second-order valence-corrected chi connectivity index (χ2v) is 6.22. The molecule has 0 radical (unpaired) electrons. The van der Waals surface area contributed by atoms with Gasteiger partial charge in [-0.25, -0.2) is 5.43 Å². The zero-order valence-electron chi connectivity index (χ0n) is 15.9. The maximum absolute atomic E-state index is 12.7. The number of rotatable bonds is 6. The summed E-state index contributed by atoms with van der Waals surface area (Å²) in [5.74, 6) is -0.227. The van der Waals surface area contributed by atoms with Crippen molar-refractivity contribution in [2.24, 2.45) is 5.10 Å². The Morgan fingerprint density at radius 2 is 2.10 bits per heavy atom. The number of nitrogens with zero attached hydrogens (tertiary/aromatic N) is 3. The molecule has 2 aromatic heterocycles. The van der Waals surface area contributed by atoms with Crippen LogP contribution in [0.15, 0.2) is 45.9 Å². The number of aromatic hydroxyl groups is 1. The van der Waals surface area contributed by atoms with Gasteiger partial charge in [-0.1, -0.05) is 0 Å². The van der Waals surface area contributed by atoms with E-state index < -0.39 is 17.8 Å². The second-order valence-electron chi connectivity index (χ2n) is 6.22. The lowest BCUT2D eigenvalue weighted by Crippen LogP contribution is -2.16. The van der Waals surface area contributed by atoms with Gasteiger partial charge in [-0.05, 0) is 48.9 Å². The molecule has 158 valence electrons. The number of aryl methyl sites for hydroxylation is 1. The lowest BCUT2D eigenvalue weighted by atomic mass is 10.2. The normalized spacial score (nSPS) is 11.8. The summed E-state index contributed by atoms with van der Waals surface area (Å²) < 4.78 is 49.7. The van der Waals surface area contributed by atoms with Crippen LogP contribution >= 0.6 is 0 Å². The number of ether oxygens (including phenoxy) is 1. The molecular formula is C19H17F3N4O4. The van der Waals surface area contributed by atoms with Crippen LogP contribution in [0, 0.1) is 6.92 Å². The SMILES string of the molecule is COc1cc(C=NNC(=O)c2ccc(Cn3nc(C(F)(F)F)cc3C)o2)ccc1O. The summed E-state index contributed by atoms with van der Waals surface area (Å²) in [5.41, 5.74) is 2.15. The number of phenols is 1. The highest BCUT2D eigenvalue weighted by molar-refractivity contribution is 5.92. The monoisotopic (exact) mass is 422 g/mol. The molecule has 3 rings (SSSR count). The van der Waals surface area contributed by atoms with Gasteiger partial charge in [-0.15, -0.1) is 0 Å². The lowest BCUT2D eigenvalue weighted by molar-refractivity contribution is -0.141. The fourth-order valence-electron chi connectivity index (χ4n) is 2.54. The van der Waals surface area contributed by atoms with Crippen molar-refractivity contribution in [3.63, 3.8) is 0 Å². The Labute approximate surface area is 168 Å². The first-order valence-corrected chi connectivity index (χ1v) is 8.58. The standard InChI is InChI=1S/C19H17F3N4O4/c1-11-7-17(19(20,21)22)25-26(11)10-13-4-6-15(30-13)18(28)24-23-9-12-3-5-14(27)16(8-12)29-2/h3-9,27H,10H2,1-2H3,(H,24,28). The van der Waals surface area contributed by atoms with E-state index in [0.29, 0.717) is 11.3 Å². The highest BCUT2D eigenvalue weighted by atomic mass is 19.4. The minimum atomic E-state index is -4.54. The van der Waals surface area contributed by atoms with Gasteiger partial charge in [0.05, 0.1) is 19.9 Å². The Morgan fingerprint density at radius 3 is 2.77 bits per heavy atom. The number of methoxy groups -OCH3 is 1. The van der Waals surface area contributed by atoms with Crippen molar-refractivity contribution in [1.82, 2.24) is 15.2 Å². The Balaban J connectivity index is 1.63. The van der Waals surface area contributed by atoms with E-state index >= 15 is 0 Å². The zero-order valence-corrected chi connectivity index (χ0v) is 15.9. The number of hydrogen-bond donors (Lipinski definition) is 2. The number of hydrogen-bond acceptors (Lipinski definition) is 6. The first-order chi connectivity index (χ1) is 14.2. The summed E-state index contributed by atoms with van der Waals surface area (Å²) in [6, 6.07) is 8.30. The summed E-state index contributed by atoms with van der Waals surface area (Å²) in [7, 11) is 1.40. The molecule has 1 aromatic carbocycles. The topological polar surface area (TPSA) is 102 Å². The lowest BCUT2D eigenvalue weighted by Gasteiger charge is -2.03. The first-order valence-electron chi connectivity index (χ1n) is 8.58. The number of carbonyl (C=O) groups excluding carboxylic acids is 1. The van der Waals surface area contributed by atoms with E-state index in [0.717, 1.165) is 10.7 Å². The van der Waals surface area contributed by atoms with Crippen molar-refractivity contribution in [3.05, 3.63) is 64.9 Å². The number of aromatic nitrogens is 2. The van der Waals surface area contributed by atoms with Crippen LogP contribution in [-0.2, 0) is 12.7 Å². The summed E-state index contributed by atoms with van der Waals surface area (Å²) in [4.78, 5) is 12.1. The average Bonchev–Trinajstić information content (AvgIpc) is 3.30. The van der Waals surface area contributed by atoms with E-state index in [4.69, 9.17) is 9.15 Å². The Hall–Kier alpha value is -3.76. The molecule has 2 N–H and O–H groups in total. The van der Waals surface area contributed by atoms with E-state index in [1.807, 2.05) is 0 Å². The number of carbonyl (C=O) groups is 1. The smallest absolute Gasteiger partial charge is 0.435 e. The molecular weight excluding hydrogens is 405 g/mol. The van der Waals surface area contributed by atoms with Crippen LogP contribution in [0.3, 0.4) is 0 Å². The number of hydrazone groups is 1. The Bertz CT molecular complexity index is 1090. The van der Waals surface area contributed by atoms with Gasteiger partial charge in [-0.3, -0.25) is 9.48 Å². The van der Waals surface area contributed by atoms with Gasteiger partial charge in [0.15, 0.2) is 23.0 Å². The van der Waals surface area contributed by atoms with Crippen LogP contribution < -0.4 is 10.2 Å². The van der Waals surface area contributed by atoms with Crippen LogP contribution in [0.5, 0.6) is 11.5 Å². The van der Waals surface area contributed by atoms with Crippen molar-refractivity contribution in [2.75, 3.05) is 7.11 Å². The Kier molecular flexibility index (Phi) is 5.81. The molecule has 3 aromatic rings. The molecule has 0 spiro atoms. The van der Waals surface area contributed by atoms with Crippen LogP contribution in [0.1, 0.15) is 33.3 Å². The van der Waals surface area contributed by atoms with Gasteiger partial charge in [0.25, 0.3) is 0 Å². The highest BCUT2D eigenvalue weighted by Gasteiger charge is 2.34. The molecule has 0 aliphatic rings. The number of alkyl halides is 3. The van der Waals surface area contributed by atoms with Gasteiger partial charge in [0.2, 0.25) is 0 Å². The number of benzene rings is 1. The maximum Gasteiger partial charge on any atom is 0.435 e. The summed E-state index contributed by atoms with van der Waals surface area (Å²) in [6.45, 7) is 1.43. The van der Waals surface area contributed by atoms with Gasteiger partial charge in [0.1, 0.15) is 5.76 Å². The van der Waals surface area contributed by atoms with E-state index in [1.54, 1.807) is 6.07 Å². The fourth-order valence-corrected chi connectivity index (χ4v) is 2.54. The van der Waals surface area contributed by atoms with E-state index in [9.17, 15) is 23.1 Å². The Morgan fingerprint density at radius 1 is 1.33 bits per heavy atom. The molecule has 0 atom stereocenters. The molecule has 2 heterocycles. The van der Waals surface area contributed by atoms with Crippen LogP contribution in [0.4, 0.5) is 13.2 Å². The average molecular weight is 422 g/mol. The van der Waals surface area contributed by atoms with Crippen LogP contribution in [0.25, 0.3) is 0 Å². The van der Waals surface area contributed by atoms with Crippen molar-refractivity contribution in [1.29, 1.82) is 0 Å². The molecule has 0 saturated heterocycles. The molecule has 1 amide bonds. The number of nitrogens with one attached hydrogen (secondary N) is 1. The highest BCUT2D eigenvalue weighted by Crippen LogP contribution is 2.28. The van der Waals surface area contributed by atoms with Gasteiger partial charge in [-0.2, -0.15) is 23.4 Å². The molecule has 0 aliphatic heterocycles. The third kappa shape index (κ3) is 4.80. The third-order valence-electron chi connectivity index (χ3n) is 4.05. The van der Waals surface area contributed by atoms with Crippen molar-refractivity contribution >= 4 is 12.1 Å². The zero-order chi connectivity index (χ0) is 21.9. The predicted molar refractivity (Wildman–Crippen MR) is 99.5 cm³/mol.